The average Bonchev–Trinajstić information content (AvgIpc) is 2.38. The smallest absolute Gasteiger partial charge is 0.138 e. The molecular formula is C14H12BrNO. The number of hydrogen-bond acceptors (Lipinski definition) is 2. The second-order valence-corrected chi connectivity index (χ2v) is 4.78. The fourth-order valence-corrected chi connectivity index (χ4v) is 2.15. The van der Waals surface area contributed by atoms with E-state index >= 15 is 0 Å². The fraction of sp³-hybridized carbons (Fsp3) is 0.143. The number of aldehydes is 1. The zero-order chi connectivity index (χ0) is 12.3. The van der Waals surface area contributed by atoms with Crippen LogP contribution in [-0.2, 0) is 4.79 Å². The Labute approximate surface area is 109 Å². The average molecular weight is 290 g/mol. The molecule has 1 unspecified atom stereocenters. The normalized spacial score (nSPS) is 12.1. The van der Waals surface area contributed by atoms with E-state index in [1.54, 1.807) is 6.20 Å². The summed E-state index contributed by atoms with van der Waals surface area (Å²) in [5.74, 6) is 0. The standard InChI is InChI=1S/C14H12BrNO/c1-10-5-2-3-6-11(10)14-12(13(15)9-17)7-4-8-16-14/h2-9,13H,1H3. The van der Waals surface area contributed by atoms with Crippen LogP contribution in [0.2, 0.25) is 0 Å². The maximum absolute atomic E-state index is 10.9. The lowest BCUT2D eigenvalue weighted by molar-refractivity contribution is -0.107. The quantitative estimate of drug-likeness (QED) is 0.637. The first-order chi connectivity index (χ1) is 8.24. The van der Waals surface area contributed by atoms with E-state index in [0.717, 1.165) is 28.7 Å². The molecule has 86 valence electrons. The van der Waals surface area contributed by atoms with Gasteiger partial charge < -0.3 is 4.79 Å². The lowest BCUT2D eigenvalue weighted by Gasteiger charge is -2.11. The molecule has 1 atom stereocenters. The van der Waals surface area contributed by atoms with E-state index in [2.05, 4.69) is 20.9 Å². The topological polar surface area (TPSA) is 30.0 Å². The number of halogens is 1. The summed E-state index contributed by atoms with van der Waals surface area (Å²) in [6.45, 7) is 2.04. The summed E-state index contributed by atoms with van der Waals surface area (Å²) in [7, 11) is 0. The monoisotopic (exact) mass is 289 g/mol. The van der Waals surface area contributed by atoms with Crippen LogP contribution in [0, 0.1) is 6.92 Å². The van der Waals surface area contributed by atoms with Gasteiger partial charge in [-0.3, -0.25) is 4.98 Å². The largest absolute Gasteiger partial charge is 0.302 e. The lowest BCUT2D eigenvalue weighted by atomic mass is 10.00. The third kappa shape index (κ3) is 2.44. The maximum atomic E-state index is 10.9. The van der Waals surface area contributed by atoms with Crippen molar-refractivity contribution in [3.8, 4) is 11.3 Å². The highest BCUT2D eigenvalue weighted by atomic mass is 79.9. The minimum atomic E-state index is -0.314. The van der Waals surface area contributed by atoms with Gasteiger partial charge in [0.05, 0.1) is 10.5 Å². The first-order valence-electron chi connectivity index (χ1n) is 5.34. The second kappa shape index (κ2) is 5.23. The van der Waals surface area contributed by atoms with Crippen molar-refractivity contribution in [2.45, 2.75) is 11.8 Å². The van der Waals surface area contributed by atoms with Crippen molar-refractivity contribution >= 4 is 22.2 Å². The Hall–Kier alpha value is -1.48. The van der Waals surface area contributed by atoms with Gasteiger partial charge in [-0.1, -0.05) is 46.3 Å². The molecule has 0 saturated heterocycles. The molecule has 1 aromatic heterocycles. The number of aromatic nitrogens is 1. The van der Waals surface area contributed by atoms with Crippen LogP contribution in [0.5, 0.6) is 0 Å². The number of alkyl halides is 1. The Balaban J connectivity index is 2.60. The molecule has 0 N–H and O–H groups in total. The van der Waals surface area contributed by atoms with Gasteiger partial charge in [-0.2, -0.15) is 0 Å². The SMILES string of the molecule is Cc1ccccc1-c1ncccc1C(Br)C=O. The predicted octanol–water partition coefficient (Wildman–Crippen LogP) is 3.69. The molecule has 0 radical (unpaired) electrons. The highest BCUT2D eigenvalue weighted by molar-refractivity contribution is 9.09. The maximum Gasteiger partial charge on any atom is 0.138 e. The molecule has 2 aromatic rings. The van der Waals surface area contributed by atoms with Gasteiger partial charge in [0.15, 0.2) is 0 Å². The van der Waals surface area contributed by atoms with Gasteiger partial charge >= 0.3 is 0 Å². The fourth-order valence-electron chi connectivity index (χ4n) is 1.78. The van der Waals surface area contributed by atoms with E-state index < -0.39 is 0 Å². The zero-order valence-electron chi connectivity index (χ0n) is 9.43. The van der Waals surface area contributed by atoms with Crippen molar-refractivity contribution in [1.29, 1.82) is 0 Å². The molecule has 1 heterocycles. The van der Waals surface area contributed by atoms with Crippen molar-refractivity contribution in [2.24, 2.45) is 0 Å². The van der Waals surface area contributed by atoms with Gasteiger partial charge in [0.2, 0.25) is 0 Å². The number of nitrogens with zero attached hydrogens (tertiary/aromatic N) is 1. The van der Waals surface area contributed by atoms with Gasteiger partial charge in [-0.25, -0.2) is 0 Å². The Bertz CT molecular complexity index is 539. The van der Waals surface area contributed by atoms with Crippen LogP contribution < -0.4 is 0 Å². The summed E-state index contributed by atoms with van der Waals surface area (Å²) in [6.07, 6.45) is 2.62. The first-order valence-corrected chi connectivity index (χ1v) is 6.26. The van der Waals surface area contributed by atoms with Gasteiger partial charge in [0.25, 0.3) is 0 Å². The van der Waals surface area contributed by atoms with E-state index in [4.69, 9.17) is 0 Å². The van der Waals surface area contributed by atoms with Crippen molar-refractivity contribution in [2.75, 3.05) is 0 Å². The predicted molar refractivity (Wildman–Crippen MR) is 72.1 cm³/mol. The van der Waals surface area contributed by atoms with Crippen molar-refractivity contribution in [1.82, 2.24) is 4.98 Å². The number of carbonyl (C=O) groups is 1. The zero-order valence-corrected chi connectivity index (χ0v) is 11.0. The van der Waals surface area contributed by atoms with Crippen LogP contribution in [0.1, 0.15) is 16.0 Å². The van der Waals surface area contributed by atoms with E-state index in [9.17, 15) is 4.79 Å². The molecule has 0 saturated carbocycles. The Morgan fingerprint density at radius 2 is 2.00 bits per heavy atom. The Kier molecular flexibility index (Phi) is 3.69. The highest BCUT2D eigenvalue weighted by Crippen LogP contribution is 2.31. The van der Waals surface area contributed by atoms with Gasteiger partial charge in [-0.05, 0) is 24.1 Å². The molecule has 3 heteroatoms. The summed E-state index contributed by atoms with van der Waals surface area (Å²) >= 11 is 3.35. The summed E-state index contributed by atoms with van der Waals surface area (Å²) < 4.78 is 0. The first kappa shape index (κ1) is 12.0. The molecule has 0 aliphatic heterocycles. The number of hydrogen-bond donors (Lipinski definition) is 0. The van der Waals surface area contributed by atoms with E-state index in [1.165, 1.54) is 0 Å². The molecular weight excluding hydrogens is 278 g/mol. The van der Waals surface area contributed by atoms with Crippen LogP contribution in [-0.4, -0.2) is 11.3 Å². The minimum Gasteiger partial charge on any atom is -0.302 e. The van der Waals surface area contributed by atoms with Crippen LogP contribution in [0.4, 0.5) is 0 Å². The summed E-state index contributed by atoms with van der Waals surface area (Å²) in [5, 5.41) is 0. The third-order valence-electron chi connectivity index (χ3n) is 2.66. The number of pyridine rings is 1. The number of aryl methyl sites for hydroxylation is 1. The van der Waals surface area contributed by atoms with Crippen LogP contribution in [0.25, 0.3) is 11.3 Å². The summed E-state index contributed by atoms with van der Waals surface area (Å²) in [4.78, 5) is 15.0. The molecule has 1 aromatic carbocycles. The second-order valence-electron chi connectivity index (χ2n) is 3.79. The van der Waals surface area contributed by atoms with Crippen LogP contribution in [0.15, 0.2) is 42.6 Å². The third-order valence-corrected chi connectivity index (χ3v) is 3.36. The van der Waals surface area contributed by atoms with E-state index in [0.29, 0.717) is 0 Å². The summed E-state index contributed by atoms with van der Waals surface area (Å²) in [5.41, 5.74) is 3.98. The number of rotatable bonds is 3. The molecule has 0 aliphatic carbocycles. The van der Waals surface area contributed by atoms with Crippen molar-refractivity contribution in [3.63, 3.8) is 0 Å². The van der Waals surface area contributed by atoms with E-state index in [-0.39, 0.29) is 4.83 Å². The Morgan fingerprint density at radius 3 is 2.71 bits per heavy atom. The van der Waals surface area contributed by atoms with Gasteiger partial charge in [-0.15, -0.1) is 0 Å². The van der Waals surface area contributed by atoms with Crippen molar-refractivity contribution < 1.29 is 4.79 Å². The molecule has 0 amide bonds. The number of benzene rings is 1. The lowest BCUT2D eigenvalue weighted by Crippen LogP contribution is -1.98. The molecule has 0 bridgehead atoms. The van der Waals surface area contributed by atoms with Crippen LogP contribution in [0.3, 0.4) is 0 Å². The molecule has 0 spiro atoms. The Morgan fingerprint density at radius 1 is 1.24 bits per heavy atom. The molecule has 0 aliphatic rings. The van der Waals surface area contributed by atoms with E-state index in [1.807, 2.05) is 43.3 Å². The molecule has 2 nitrogen and oxygen atoms in total. The highest BCUT2D eigenvalue weighted by Gasteiger charge is 2.14. The van der Waals surface area contributed by atoms with Gasteiger partial charge in [0, 0.05) is 11.8 Å². The molecule has 2 rings (SSSR count). The molecule has 0 fully saturated rings. The molecule has 17 heavy (non-hydrogen) atoms. The number of carbonyl (C=O) groups excluding carboxylic acids is 1. The minimum absolute atomic E-state index is 0.314. The van der Waals surface area contributed by atoms with Gasteiger partial charge in [0.1, 0.15) is 6.29 Å². The van der Waals surface area contributed by atoms with Crippen molar-refractivity contribution in [3.05, 3.63) is 53.7 Å². The van der Waals surface area contributed by atoms with Crippen LogP contribution >= 0.6 is 15.9 Å². The summed E-state index contributed by atoms with van der Waals surface area (Å²) in [6, 6.07) is 11.8.